The molecule has 1 atom stereocenters. The summed E-state index contributed by atoms with van der Waals surface area (Å²) in [6.45, 7) is 2.82. The standard InChI is InChI=1S/C16H16Br2FN/c1-2-20-15(10-11-5-3-6-12(17)9-11)16-13(18)7-4-8-14(16)19/h3-9,15,20H,2,10H2,1H3. The van der Waals surface area contributed by atoms with E-state index < -0.39 is 0 Å². The van der Waals surface area contributed by atoms with Gasteiger partial charge in [0.1, 0.15) is 5.82 Å². The van der Waals surface area contributed by atoms with Crippen molar-refractivity contribution in [2.45, 2.75) is 19.4 Å². The van der Waals surface area contributed by atoms with Crippen LogP contribution in [0.2, 0.25) is 0 Å². The van der Waals surface area contributed by atoms with Crippen LogP contribution in [0.25, 0.3) is 0 Å². The van der Waals surface area contributed by atoms with Gasteiger partial charge in [-0.1, -0.05) is 57.0 Å². The normalized spacial score (nSPS) is 12.4. The first-order valence-corrected chi connectivity index (χ1v) is 8.12. The lowest BCUT2D eigenvalue weighted by Crippen LogP contribution is -2.24. The van der Waals surface area contributed by atoms with Gasteiger partial charge in [-0.2, -0.15) is 0 Å². The van der Waals surface area contributed by atoms with Crippen molar-refractivity contribution in [2.24, 2.45) is 0 Å². The Hall–Kier alpha value is -0.710. The van der Waals surface area contributed by atoms with Gasteiger partial charge in [0.05, 0.1) is 0 Å². The Kier molecular flexibility index (Phi) is 5.75. The molecule has 1 N–H and O–H groups in total. The molecule has 0 radical (unpaired) electrons. The molecule has 2 aromatic rings. The molecule has 20 heavy (non-hydrogen) atoms. The fourth-order valence-corrected chi connectivity index (χ4v) is 3.33. The molecule has 0 saturated carbocycles. The first kappa shape index (κ1) is 15.7. The molecular weight excluding hydrogens is 385 g/mol. The highest BCUT2D eigenvalue weighted by molar-refractivity contribution is 9.10. The maximum Gasteiger partial charge on any atom is 0.129 e. The summed E-state index contributed by atoms with van der Waals surface area (Å²) in [5.74, 6) is -0.180. The fourth-order valence-electron chi connectivity index (χ4n) is 2.27. The third kappa shape index (κ3) is 3.90. The molecule has 0 spiro atoms. The molecule has 2 rings (SSSR count). The van der Waals surface area contributed by atoms with Crippen molar-refractivity contribution in [2.75, 3.05) is 6.54 Å². The average molecular weight is 401 g/mol. The first-order chi connectivity index (χ1) is 9.61. The highest BCUT2D eigenvalue weighted by Crippen LogP contribution is 2.29. The molecule has 0 heterocycles. The molecule has 1 unspecified atom stereocenters. The van der Waals surface area contributed by atoms with Crippen LogP contribution in [0.5, 0.6) is 0 Å². The van der Waals surface area contributed by atoms with Gasteiger partial charge >= 0.3 is 0 Å². The summed E-state index contributed by atoms with van der Waals surface area (Å²) in [4.78, 5) is 0. The summed E-state index contributed by atoms with van der Waals surface area (Å²) in [5.41, 5.74) is 1.86. The van der Waals surface area contributed by atoms with Crippen LogP contribution in [-0.2, 0) is 6.42 Å². The predicted molar refractivity (Wildman–Crippen MR) is 88.4 cm³/mol. The summed E-state index contributed by atoms with van der Waals surface area (Å²) in [6.07, 6.45) is 0.743. The van der Waals surface area contributed by atoms with Gasteiger partial charge in [-0.05, 0) is 42.8 Å². The third-order valence-corrected chi connectivity index (χ3v) is 4.31. The van der Waals surface area contributed by atoms with Crippen LogP contribution in [0.4, 0.5) is 4.39 Å². The zero-order chi connectivity index (χ0) is 14.5. The Labute approximate surface area is 135 Å². The Bertz CT molecular complexity index is 566. The van der Waals surface area contributed by atoms with E-state index in [-0.39, 0.29) is 11.9 Å². The Morgan fingerprint density at radius 3 is 2.55 bits per heavy atom. The minimum Gasteiger partial charge on any atom is -0.310 e. The van der Waals surface area contributed by atoms with Gasteiger partial charge in [0.15, 0.2) is 0 Å². The van der Waals surface area contributed by atoms with E-state index in [0.29, 0.717) is 5.56 Å². The number of hydrogen-bond donors (Lipinski definition) is 1. The van der Waals surface area contributed by atoms with Gasteiger partial charge in [0.25, 0.3) is 0 Å². The van der Waals surface area contributed by atoms with Crippen LogP contribution >= 0.6 is 31.9 Å². The molecule has 0 aliphatic carbocycles. The van der Waals surface area contributed by atoms with E-state index in [9.17, 15) is 4.39 Å². The zero-order valence-electron chi connectivity index (χ0n) is 11.2. The summed E-state index contributed by atoms with van der Waals surface area (Å²) in [5, 5.41) is 3.36. The SMILES string of the molecule is CCNC(Cc1cccc(Br)c1)c1c(F)cccc1Br. The molecule has 0 bridgehead atoms. The molecule has 0 amide bonds. The monoisotopic (exact) mass is 399 g/mol. The van der Waals surface area contributed by atoms with Crippen LogP contribution in [0.15, 0.2) is 51.4 Å². The van der Waals surface area contributed by atoms with Crippen molar-refractivity contribution in [3.8, 4) is 0 Å². The highest BCUT2D eigenvalue weighted by atomic mass is 79.9. The van der Waals surface area contributed by atoms with E-state index in [1.807, 2.05) is 25.1 Å². The first-order valence-electron chi connectivity index (χ1n) is 6.53. The van der Waals surface area contributed by atoms with Crippen molar-refractivity contribution >= 4 is 31.9 Å². The van der Waals surface area contributed by atoms with Crippen molar-refractivity contribution in [1.82, 2.24) is 5.32 Å². The molecule has 1 nitrogen and oxygen atoms in total. The lowest BCUT2D eigenvalue weighted by Gasteiger charge is -2.20. The topological polar surface area (TPSA) is 12.0 Å². The van der Waals surface area contributed by atoms with Crippen molar-refractivity contribution in [3.05, 3.63) is 68.4 Å². The Morgan fingerprint density at radius 1 is 1.15 bits per heavy atom. The quantitative estimate of drug-likeness (QED) is 0.723. The highest BCUT2D eigenvalue weighted by Gasteiger charge is 2.18. The fraction of sp³-hybridized carbons (Fsp3) is 0.250. The molecule has 106 valence electrons. The number of benzene rings is 2. The Balaban J connectivity index is 2.32. The molecule has 0 aliphatic rings. The number of nitrogens with one attached hydrogen (secondary N) is 1. The molecular formula is C16H16Br2FN. The minimum atomic E-state index is -0.180. The maximum atomic E-state index is 14.1. The van der Waals surface area contributed by atoms with Gasteiger partial charge in [0, 0.05) is 20.6 Å². The van der Waals surface area contributed by atoms with E-state index in [0.717, 1.165) is 21.9 Å². The predicted octanol–water partition coefficient (Wildman–Crippen LogP) is 5.24. The lowest BCUT2D eigenvalue weighted by molar-refractivity contribution is 0.507. The second-order valence-electron chi connectivity index (χ2n) is 4.58. The lowest BCUT2D eigenvalue weighted by atomic mass is 9.98. The summed E-state index contributed by atoms with van der Waals surface area (Å²) in [6, 6.07) is 13.2. The Morgan fingerprint density at radius 2 is 1.90 bits per heavy atom. The van der Waals surface area contributed by atoms with Crippen LogP contribution in [0.3, 0.4) is 0 Å². The summed E-state index contributed by atoms with van der Waals surface area (Å²) >= 11 is 6.93. The third-order valence-electron chi connectivity index (χ3n) is 3.13. The number of likely N-dealkylation sites (N-methyl/N-ethyl adjacent to an activating group) is 1. The molecule has 0 aliphatic heterocycles. The van der Waals surface area contributed by atoms with E-state index in [4.69, 9.17) is 0 Å². The van der Waals surface area contributed by atoms with Gasteiger partial charge in [-0.15, -0.1) is 0 Å². The minimum absolute atomic E-state index is 0.0510. The van der Waals surface area contributed by atoms with Crippen LogP contribution in [0.1, 0.15) is 24.1 Å². The second-order valence-corrected chi connectivity index (χ2v) is 6.35. The van der Waals surface area contributed by atoms with Gasteiger partial charge in [-0.3, -0.25) is 0 Å². The smallest absolute Gasteiger partial charge is 0.129 e. The second kappa shape index (κ2) is 7.34. The molecule has 0 fully saturated rings. The maximum absolute atomic E-state index is 14.1. The summed E-state index contributed by atoms with van der Waals surface area (Å²) < 4.78 is 16.0. The molecule has 2 aromatic carbocycles. The van der Waals surface area contributed by atoms with Gasteiger partial charge in [-0.25, -0.2) is 4.39 Å². The number of halogens is 3. The number of rotatable bonds is 5. The molecule has 0 aromatic heterocycles. The van der Waals surface area contributed by atoms with E-state index in [1.165, 1.54) is 11.6 Å². The average Bonchev–Trinajstić information content (AvgIpc) is 2.38. The van der Waals surface area contributed by atoms with Crippen molar-refractivity contribution in [1.29, 1.82) is 0 Å². The van der Waals surface area contributed by atoms with Crippen molar-refractivity contribution in [3.63, 3.8) is 0 Å². The van der Waals surface area contributed by atoms with Crippen molar-refractivity contribution < 1.29 is 4.39 Å². The molecule has 4 heteroatoms. The van der Waals surface area contributed by atoms with E-state index in [1.54, 1.807) is 6.07 Å². The van der Waals surface area contributed by atoms with E-state index in [2.05, 4.69) is 49.3 Å². The van der Waals surface area contributed by atoms with Crippen LogP contribution in [0, 0.1) is 5.82 Å². The summed E-state index contributed by atoms with van der Waals surface area (Å²) in [7, 11) is 0. The number of hydrogen-bond acceptors (Lipinski definition) is 1. The van der Waals surface area contributed by atoms with Gasteiger partial charge in [0.2, 0.25) is 0 Å². The zero-order valence-corrected chi connectivity index (χ0v) is 14.3. The van der Waals surface area contributed by atoms with Gasteiger partial charge < -0.3 is 5.32 Å². The molecule has 0 saturated heterocycles. The van der Waals surface area contributed by atoms with Crippen LogP contribution in [-0.4, -0.2) is 6.54 Å². The largest absolute Gasteiger partial charge is 0.310 e. The van der Waals surface area contributed by atoms with E-state index >= 15 is 0 Å². The van der Waals surface area contributed by atoms with Crippen LogP contribution < -0.4 is 5.32 Å².